The van der Waals surface area contributed by atoms with E-state index in [-0.39, 0.29) is 18.8 Å². The van der Waals surface area contributed by atoms with Crippen molar-refractivity contribution in [3.8, 4) is 11.5 Å². The second-order valence-electron chi connectivity index (χ2n) is 6.61. The first-order valence-electron chi connectivity index (χ1n) is 8.86. The highest BCUT2D eigenvalue weighted by Gasteiger charge is 2.24. The Morgan fingerprint density at radius 2 is 2.04 bits per heavy atom. The lowest BCUT2D eigenvalue weighted by atomic mass is 9.95. The van der Waals surface area contributed by atoms with Gasteiger partial charge in [0.2, 0.25) is 5.89 Å². The van der Waals surface area contributed by atoms with Gasteiger partial charge in [0.1, 0.15) is 24.3 Å². The minimum absolute atomic E-state index is 0.116. The Labute approximate surface area is 148 Å². The van der Waals surface area contributed by atoms with E-state index in [1.165, 1.54) is 5.56 Å². The predicted molar refractivity (Wildman–Crippen MR) is 94.3 cm³/mol. The van der Waals surface area contributed by atoms with Gasteiger partial charge in [0.05, 0.1) is 18.8 Å². The number of carbonyl (C=O) groups excluding carboxylic acids is 1. The summed E-state index contributed by atoms with van der Waals surface area (Å²) in [4.78, 5) is 15.0. The Morgan fingerprint density at radius 1 is 1.24 bits per heavy atom. The molecule has 1 aliphatic rings. The predicted octanol–water partition coefficient (Wildman–Crippen LogP) is 4.00. The first kappa shape index (κ1) is 17.8. The maximum Gasteiger partial charge on any atom is 0.226 e. The number of aryl methyl sites for hydroxylation is 2. The molecule has 0 radical (unpaired) electrons. The van der Waals surface area contributed by atoms with Crippen LogP contribution in [0.5, 0.6) is 0 Å². The summed E-state index contributed by atoms with van der Waals surface area (Å²) in [6, 6.07) is 8.11. The number of rotatable bonds is 7. The van der Waals surface area contributed by atoms with Crippen LogP contribution in [0.3, 0.4) is 0 Å². The summed E-state index contributed by atoms with van der Waals surface area (Å²) in [6.45, 7) is 4.57. The zero-order chi connectivity index (χ0) is 17.6. The SMILES string of the molecule is Cc1cccc(-c2nc(COC3CCCC(OCC=O)C3)c(C)o2)c1. The Morgan fingerprint density at radius 3 is 2.80 bits per heavy atom. The second-order valence-corrected chi connectivity index (χ2v) is 6.61. The van der Waals surface area contributed by atoms with Crippen molar-refractivity contribution in [2.45, 2.75) is 58.3 Å². The number of aldehydes is 1. The molecule has 0 saturated heterocycles. The van der Waals surface area contributed by atoms with Crippen molar-refractivity contribution in [3.05, 3.63) is 41.3 Å². The van der Waals surface area contributed by atoms with E-state index in [9.17, 15) is 4.79 Å². The summed E-state index contributed by atoms with van der Waals surface area (Å²) in [5, 5.41) is 0. The van der Waals surface area contributed by atoms with Gasteiger partial charge in [-0.05, 0) is 51.7 Å². The molecule has 5 heteroatoms. The minimum atomic E-state index is 0.116. The summed E-state index contributed by atoms with van der Waals surface area (Å²) in [5.74, 6) is 1.43. The maximum absolute atomic E-state index is 10.4. The van der Waals surface area contributed by atoms with Crippen molar-refractivity contribution in [1.29, 1.82) is 0 Å². The smallest absolute Gasteiger partial charge is 0.226 e. The number of hydrogen-bond donors (Lipinski definition) is 0. The molecule has 0 N–H and O–H groups in total. The number of nitrogens with zero attached hydrogens (tertiary/aromatic N) is 1. The molecule has 1 fully saturated rings. The van der Waals surface area contributed by atoms with Gasteiger partial charge in [-0.25, -0.2) is 4.98 Å². The van der Waals surface area contributed by atoms with Crippen LogP contribution >= 0.6 is 0 Å². The van der Waals surface area contributed by atoms with E-state index in [1.54, 1.807) is 0 Å². The first-order valence-corrected chi connectivity index (χ1v) is 8.86. The lowest BCUT2D eigenvalue weighted by molar-refractivity contribution is -0.116. The van der Waals surface area contributed by atoms with Gasteiger partial charge < -0.3 is 18.7 Å². The zero-order valence-corrected chi connectivity index (χ0v) is 14.9. The van der Waals surface area contributed by atoms with Crippen LogP contribution in [-0.2, 0) is 20.9 Å². The molecule has 1 aliphatic carbocycles. The summed E-state index contributed by atoms with van der Waals surface area (Å²) < 4.78 is 17.4. The van der Waals surface area contributed by atoms with Crippen LogP contribution in [0.2, 0.25) is 0 Å². The lowest BCUT2D eigenvalue weighted by Gasteiger charge is -2.28. The highest BCUT2D eigenvalue weighted by molar-refractivity contribution is 5.54. The van der Waals surface area contributed by atoms with E-state index in [0.29, 0.717) is 12.5 Å². The van der Waals surface area contributed by atoms with E-state index in [1.807, 2.05) is 19.1 Å². The highest BCUT2D eigenvalue weighted by Crippen LogP contribution is 2.26. The van der Waals surface area contributed by atoms with Crippen LogP contribution in [0.4, 0.5) is 0 Å². The van der Waals surface area contributed by atoms with Crippen molar-refractivity contribution in [3.63, 3.8) is 0 Å². The van der Waals surface area contributed by atoms with Gasteiger partial charge in [0.25, 0.3) is 0 Å². The van der Waals surface area contributed by atoms with E-state index >= 15 is 0 Å². The van der Waals surface area contributed by atoms with Crippen LogP contribution in [0.1, 0.15) is 42.7 Å². The summed E-state index contributed by atoms with van der Waals surface area (Å²) in [7, 11) is 0. The highest BCUT2D eigenvalue weighted by atomic mass is 16.5. The average molecular weight is 343 g/mol. The number of ether oxygens (including phenoxy) is 2. The van der Waals surface area contributed by atoms with Gasteiger partial charge in [0, 0.05) is 5.56 Å². The van der Waals surface area contributed by atoms with Gasteiger partial charge in [-0.15, -0.1) is 0 Å². The average Bonchev–Trinajstić information content (AvgIpc) is 2.99. The summed E-state index contributed by atoms with van der Waals surface area (Å²) >= 11 is 0. The molecule has 0 aliphatic heterocycles. The van der Waals surface area contributed by atoms with E-state index < -0.39 is 0 Å². The molecule has 134 valence electrons. The van der Waals surface area contributed by atoms with E-state index in [2.05, 4.69) is 24.0 Å². The van der Waals surface area contributed by atoms with Crippen molar-refractivity contribution in [2.75, 3.05) is 6.61 Å². The Balaban J connectivity index is 1.59. The third-order valence-corrected chi connectivity index (χ3v) is 4.59. The fraction of sp³-hybridized carbons (Fsp3) is 0.500. The summed E-state index contributed by atoms with van der Waals surface area (Å²) in [6.07, 6.45) is 4.96. The molecule has 3 rings (SSSR count). The van der Waals surface area contributed by atoms with Crippen molar-refractivity contribution < 1.29 is 18.7 Å². The number of oxazole rings is 1. The van der Waals surface area contributed by atoms with Gasteiger partial charge in [-0.3, -0.25) is 0 Å². The third-order valence-electron chi connectivity index (χ3n) is 4.59. The van der Waals surface area contributed by atoms with Crippen molar-refractivity contribution in [2.24, 2.45) is 0 Å². The Bertz CT molecular complexity index is 709. The molecule has 25 heavy (non-hydrogen) atoms. The summed E-state index contributed by atoms with van der Waals surface area (Å²) in [5.41, 5.74) is 3.00. The molecule has 5 nitrogen and oxygen atoms in total. The number of hydrogen-bond acceptors (Lipinski definition) is 5. The standard InChI is InChI=1S/C20H25NO4/c1-14-5-3-6-16(11-14)20-21-19(15(2)25-20)13-24-18-8-4-7-17(12-18)23-10-9-22/h3,5-6,9,11,17-18H,4,7-8,10,12-13H2,1-2H3. The molecule has 2 aromatic rings. The van der Waals surface area contributed by atoms with Crippen LogP contribution in [0, 0.1) is 13.8 Å². The fourth-order valence-corrected chi connectivity index (χ4v) is 3.24. The molecule has 1 aromatic carbocycles. The van der Waals surface area contributed by atoms with Crippen LogP contribution in [0.15, 0.2) is 28.7 Å². The Kier molecular flexibility index (Phi) is 6.00. The molecular formula is C20H25NO4. The maximum atomic E-state index is 10.4. The lowest BCUT2D eigenvalue weighted by Crippen LogP contribution is -2.28. The van der Waals surface area contributed by atoms with Crippen molar-refractivity contribution in [1.82, 2.24) is 4.98 Å². The van der Waals surface area contributed by atoms with Gasteiger partial charge in [0.15, 0.2) is 0 Å². The zero-order valence-electron chi connectivity index (χ0n) is 14.9. The molecule has 0 bridgehead atoms. The molecule has 1 heterocycles. The topological polar surface area (TPSA) is 61.6 Å². The van der Waals surface area contributed by atoms with E-state index in [4.69, 9.17) is 13.9 Å². The van der Waals surface area contributed by atoms with Gasteiger partial charge >= 0.3 is 0 Å². The molecule has 0 spiro atoms. The van der Waals surface area contributed by atoms with Crippen LogP contribution < -0.4 is 0 Å². The van der Waals surface area contributed by atoms with E-state index in [0.717, 1.165) is 49.0 Å². The molecule has 2 atom stereocenters. The van der Waals surface area contributed by atoms with Crippen molar-refractivity contribution >= 4 is 6.29 Å². The Hall–Kier alpha value is -1.98. The normalized spacial score (nSPS) is 20.6. The molecular weight excluding hydrogens is 318 g/mol. The largest absolute Gasteiger partial charge is 0.441 e. The molecule has 2 unspecified atom stereocenters. The monoisotopic (exact) mass is 343 g/mol. The van der Waals surface area contributed by atoms with Crippen LogP contribution in [0.25, 0.3) is 11.5 Å². The number of carbonyl (C=O) groups is 1. The molecule has 1 aromatic heterocycles. The second kappa shape index (κ2) is 8.41. The van der Waals surface area contributed by atoms with Gasteiger partial charge in [-0.2, -0.15) is 0 Å². The number of benzene rings is 1. The van der Waals surface area contributed by atoms with Crippen LogP contribution in [-0.4, -0.2) is 30.1 Å². The third kappa shape index (κ3) is 4.77. The van der Waals surface area contributed by atoms with Gasteiger partial charge in [-0.1, -0.05) is 17.7 Å². The number of aromatic nitrogens is 1. The molecule has 1 saturated carbocycles. The quantitative estimate of drug-likeness (QED) is 0.711. The fourth-order valence-electron chi connectivity index (χ4n) is 3.24. The molecule has 0 amide bonds. The minimum Gasteiger partial charge on any atom is -0.441 e. The first-order chi connectivity index (χ1) is 12.2.